The second-order valence-electron chi connectivity index (χ2n) is 5.52. The summed E-state index contributed by atoms with van der Waals surface area (Å²) in [4.78, 5) is 20.0. The van der Waals surface area contributed by atoms with Crippen molar-refractivity contribution >= 4 is 11.7 Å². The molecular weight excluding hydrogens is 268 g/mol. The van der Waals surface area contributed by atoms with Gasteiger partial charge in [0.05, 0.1) is 24.2 Å². The van der Waals surface area contributed by atoms with Crippen molar-refractivity contribution < 1.29 is 9.90 Å². The van der Waals surface area contributed by atoms with Crippen LogP contribution in [0.25, 0.3) is 0 Å². The van der Waals surface area contributed by atoms with E-state index >= 15 is 0 Å². The molecule has 0 aromatic carbocycles. The molecule has 0 unspecified atom stereocenters. The van der Waals surface area contributed by atoms with E-state index in [1.54, 1.807) is 12.4 Å². The molecule has 3 N–H and O–H groups in total. The van der Waals surface area contributed by atoms with E-state index in [2.05, 4.69) is 20.6 Å². The average Bonchev–Trinajstić information content (AvgIpc) is 2.50. The number of aliphatic hydroxyl groups excluding tert-OH is 1. The van der Waals surface area contributed by atoms with Crippen LogP contribution in [0.3, 0.4) is 0 Å². The standard InChI is InChI=1S/C15H24N4O2/c1-2-14-17-9-12(10-18-14)19-15(21)16-8-7-11-5-3-4-6-13(11)20/h9-11,13,20H,2-8H2,1H3,(H2,16,19,21)/t11-,13-/m0/s1. The molecule has 2 atom stereocenters. The lowest BCUT2D eigenvalue weighted by molar-refractivity contribution is 0.0658. The van der Waals surface area contributed by atoms with Crippen molar-refractivity contribution in [3.05, 3.63) is 18.2 Å². The second-order valence-corrected chi connectivity index (χ2v) is 5.52. The van der Waals surface area contributed by atoms with Crippen LogP contribution in [0, 0.1) is 5.92 Å². The van der Waals surface area contributed by atoms with E-state index in [1.807, 2.05) is 6.92 Å². The molecule has 0 radical (unpaired) electrons. The fourth-order valence-electron chi connectivity index (χ4n) is 2.67. The molecule has 1 heterocycles. The van der Waals surface area contributed by atoms with Gasteiger partial charge in [0, 0.05) is 13.0 Å². The third-order valence-electron chi connectivity index (χ3n) is 3.95. The minimum atomic E-state index is -0.256. The number of hydrogen-bond acceptors (Lipinski definition) is 4. The topological polar surface area (TPSA) is 87.1 Å². The van der Waals surface area contributed by atoms with Gasteiger partial charge in [0.2, 0.25) is 0 Å². The van der Waals surface area contributed by atoms with E-state index in [-0.39, 0.29) is 12.1 Å². The molecule has 6 nitrogen and oxygen atoms in total. The molecule has 0 spiro atoms. The van der Waals surface area contributed by atoms with Gasteiger partial charge in [-0.2, -0.15) is 0 Å². The van der Waals surface area contributed by atoms with Gasteiger partial charge in [-0.15, -0.1) is 0 Å². The van der Waals surface area contributed by atoms with Gasteiger partial charge in [0.15, 0.2) is 0 Å². The minimum absolute atomic E-state index is 0.210. The van der Waals surface area contributed by atoms with Crippen molar-refractivity contribution in [2.75, 3.05) is 11.9 Å². The molecule has 21 heavy (non-hydrogen) atoms. The van der Waals surface area contributed by atoms with E-state index < -0.39 is 0 Å². The van der Waals surface area contributed by atoms with Gasteiger partial charge in [0.1, 0.15) is 5.82 Å². The number of nitrogens with zero attached hydrogens (tertiary/aromatic N) is 2. The summed E-state index contributed by atoms with van der Waals surface area (Å²) in [7, 11) is 0. The molecule has 2 amide bonds. The molecular formula is C15H24N4O2. The molecule has 0 bridgehead atoms. The first kappa shape index (κ1) is 15.7. The van der Waals surface area contributed by atoms with E-state index in [1.165, 1.54) is 6.42 Å². The first-order valence-corrected chi connectivity index (χ1v) is 7.73. The number of rotatable bonds is 5. The van der Waals surface area contributed by atoms with Crippen molar-refractivity contribution in [1.29, 1.82) is 0 Å². The number of nitrogens with one attached hydrogen (secondary N) is 2. The van der Waals surface area contributed by atoms with Gasteiger partial charge < -0.3 is 15.7 Å². The highest BCUT2D eigenvalue weighted by Gasteiger charge is 2.22. The fourth-order valence-corrected chi connectivity index (χ4v) is 2.67. The molecule has 0 saturated heterocycles. The molecule has 1 aliphatic carbocycles. The molecule has 6 heteroatoms. The second kappa shape index (κ2) is 7.93. The lowest BCUT2D eigenvalue weighted by Gasteiger charge is -2.27. The Labute approximate surface area is 125 Å². The smallest absolute Gasteiger partial charge is 0.319 e. The van der Waals surface area contributed by atoms with Crippen LogP contribution in [0.5, 0.6) is 0 Å². The van der Waals surface area contributed by atoms with Gasteiger partial charge >= 0.3 is 6.03 Å². The van der Waals surface area contributed by atoms with Crippen LogP contribution < -0.4 is 10.6 Å². The van der Waals surface area contributed by atoms with Crippen molar-refractivity contribution in [2.24, 2.45) is 5.92 Å². The van der Waals surface area contributed by atoms with Crippen LogP contribution in [0.1, 0.15) is 44.9 Å². The highest BCUT2D eigenvalue weighted by molar-refractivity contribution is 5.88. The first-order chi connectivity index (χ1) is 10.2. The number of aryl methyl sites for hydroxylation is 1. The van der Waals surface area contributed by atoms with Crippen LogP contribution in [-0.4, -0.2) is 33.8 Å². The molecule has 0 aliphatic heterocycles. The number of amides is 2. The van der Waals surface area contributed by atoms with Crippen LogP contribution in [0.15, 0.2) is 12.4 Å². The van der Waals surface area contributed by atoms with Gasteiger partial charge in [-0.25, -0.2) is 14.8 Å². The Morgan fingerprint density at radius 1 is 1.33 bits per heavy atom. The van der Waals surface area contributed by atoms with Gasteiger partial charge in [0.25, 0.3) is 0 Å². The highest BCUT2D eigenvalue weighted by Crippen LogP contribution is 2.26. The summed E-state index contributed by atoms with van der Waals surface area (Å²) in [6.45, 7) is 2.55. The molecule has 1 saturated carbocycles. The Kier molecular flexibility index (Phi) is 5.92. The Morgan fingerprint density at radius 3 is 2.71 bits per heavy atom. The highest BCUT2D eigenvalue weighted by atomic mass is 16.3. The summed E-state index contributed by atoms with van der Waals surface area (Å²) in [5, 5.41) is 15.4. The lowest BCUT2D eigenvalue weighted by atomic mass is 9.84. The normalized spacial score (nSPS) is 21.8. The van der Waals surface area contributed by atoms with Crippen molar-refractivity contribution in [3.8, 4) is 0 Å². The molecule has 1 fully saturated rings. The third kappa shape index (κ3) is 4.97. The molecule has 2 rings (SSSR count). The van der Waals surface area contributed by atoms with Crippen molar-refractivity contribution in [3.63, 3.8) is 0 Å². The van der Waals surface area contributed by atoms with Gasteiger partial charge in [-0.3, -0.25) is 0 Å². The zero-order valence-corrected chi connectivity index (χ0v) is 12.5. The maximum Gasteiger partial charge on any atom is 0.319 e. The van der Waals surface area contributed by atoms with E-state index in [4.69, 9.17) is 0 Å². The largest absolute Gasteiger partial charge is 0.393 e. The summed E-state index contributed by atoms with van der Waals surface area (Å²) in [6, 6.07) is -0.256. The van der Waals surface area contributed by atoms with Crippen LogP contribution in [0.4, 0.5) is 10.5 Å². The van der Waals surface area contributed by atoms with Crippen LogP contribution in [0.2, 0.25) is 0 Å². The van der Waals surface area contributed by atoms with Crippen LogP contribution in [-0.2, 0) is 6.42 Å². The number of aromatic nitrogens is 2. The summed E-state index contributed by atoms with van der Waals surface area (Å²) >= 11 is 0. The van der Waals surface area contributed by atoms with Crippen molar-refractivity contribution in [1.82, 2.24) is 15.3 Å². The summed E-state index contributed by atoms with van der Waals surface area (Å²) in [5.41, 5.74) is 0.586. The maximum absolute atomic E-state index is 11.7. The SMILES string of the molecule is CCc1ncc(NC(=O)NCC[C@@H]2CCCC[C@@H]2O)cn1. The van der Waals surface area contributed by atoms with Crippen LogP contribution >= 0.6 is 0 Å². The Balaban J connectivity index is 1.69. The van der Waals surface area contributed by atoms with Crippen molar-refractivity contribution in [2.45, 2.75) is 51.6 Å². The number of anilines is 1. The quantitative estimate of drug-likeness (QED) is 0.775. The van der Waals surface area contributed by atoms with Gasteiger partial charge in [-0.05, 0) is 25.2 Å². The number of hydrogen-bond donors (Lipinski definition) is 3. The number of urea groups is 1. The van der Waals surface area contributed by atoms with E-state index in [0.29, 0.717) is 18.2 Å². The predicted molar refractivity (Wildman–Crippen MR) is 81.0 cm³/mol. The zero-order chi connectivity index (χ0) is 15.1. The fraction of sp³-hybridized carbons (Fsp3) is 0.667. The summed E-state index contributed by atoms with van der Waals surface area (Å²) in [5.74, 6) is 1.07. The maximum atomic E-state index is 11.7. The Bertz CT molecular complexity index is 449. The Hall–Kier alpha value is -1.69. The third-order valence-corrected chi connectivity index (χ3v) is 3.95. The Morgan fingerprint density at radius 2 is 2.05 bits per heavy atom. The number of carbonyl (C=O) groups is 1. The summed E-state index contributed by atoms with van der Waals surface area (Å²) < 4.78 is 0. The van der Waals surface area contributed by atoms with Gasteiger partial charge in [-0.1, -0.05) is 19.8 Å². The molecule has 116 valence electrons. The first-order valence-electron chi connectivity index (χ1n) is 7.73. The number of carbonyl (C=O) groups excluding carboxylic acids is 1. The minimum Gasteiger partial charge on any atom is -0.393 e. The van der Waals surface area contributed by atoms with E-state index in [9.17, 15) is 9.90 Å². The monoisotopic (exact) mass is 292 g/mol. The van der Waals surface area contributed by atoms with E-state index in [0.717, 1.165) is 37.9 Å². The molecule has 1 aromatic rings. The zero-order valence-electron chi connectivity index (χ0n) is 12.5. The predicted octanol–water partition coefficient (Wildman–Crippen LogP) is 2.10. The molecule has 1 aliphatic rings. The summed E-state index contributed by atoms with van der Waals surface area (Å²) in [6.07, 6.45) is 8.82. The average molecular weight is 292 g/mol. The molecule has 1 aromatic heterocycles. The number of aliphatic hydroxyl groups is 1. The lowest BCUT2D eigenvalue weighted by Crippen LogP contribution is -2.33.